The van der Waals surface area contributed by atoms with E-state index in [1.54, 1.807) is 11.8 Å². The van der Waals surface area contributed by atoms with E-state index in [0.29, 0.717) is 19.0 Å². The molecule has 0 heterocycles. The molecule has 0 spiro atoms. The van der Waals surface area contributed by atoms with E-state index in [1.165, 1.54) is 0 Å². The van der Waals surface area contributed by atoms with Crippen LogP contribution in [-0.4, -0.2) is 35.0 Å². The highest BCUT2D eigenvalue weighted by Crippen LogP contribution is 2.34. The van der Waals surface area contributed by atoms with Gasteiger partial charge in [0.25, 0.3) is 0 Å². The number of amides is 1. The van der Waals surface area contributed by atoms with Gasteiger partial charge < -0.3 is 10.0 Å². The van der Waals surface area contributed by atoms with Crippen molar-refractivity contribution in [3.05, 3.63) is 0 Å². The molecule has 4 heteroatoms. The van der Waals surface area contributed by atoms with Crippen molar-refractivity contribution in [2.24, 2.45) is 17.8 Å². The van der Waals surface area contributed by atoms with Crippen molar-refractivity contribution < 1.29 is 14.7 Å². The smallest absolute Gasteiger partial charge is 0.308 e. The van der Waals surface area contributed by atoms with Gasteiger partial charge in [0.1, 0.15) is 0 Å². The molecular weight excluding hydrogens is 206 g/mol. The second-order valence-corrected chi connectivity index (χ2v) is 4.89. The fourth-order valence-electron chi connectivity index (χ4n) is 2.15. The van der Waals surface area contributed by atoms with Gasteiger partial charge in [-0.25, -0.2) is 0 Å². The Morgan fingerprint density at radius 1 is 1.44 bits per heavy atom. The van der Waals surface area contributed by atoms with Crippen LogP contribution >= 0.6 is 0 Å². The molecule has 0 radical (unpaired) electrons. The summed E-state index contributed by atoms with van der Waals surface area (Å²) >= 11 is 0. The minimum absolute atomic E-state index is 0.133. The average Bonchev–Trinajstić information content (AvgIpc) is 2.19. The highest BCUT2D eigenvalue weighted by Gasteiger charge is 2.34. The topological polar surface area (TPSA) is 57.6 Å². The van der Waals surface area contributed by atoms with Crippen LogP contribution in [0.4, 0.5) is 0 Å². The Bertz CT molecular complexity index is 271. The van der Waals surface area contributed by atoms with Crippen LogP contribution in [0.25, 0.3) is 0 Å². The minimum atomic E-state index is -0.840. The van der Waals surface area contributed by atoms with Crippen molar-refractivity contribution >= 4 is 11.9 Å². The van der Waals surface area contributed by atoms with Crippen LogP contribution in [-0.2, 0) is 9.59 Å². The minimum Gasteiger partial charge on any atom is -0.481 e. The predicted octanol–water partition coefficient (Wildman–Crippen LogP) is 1.60. The summed E-state index contributed by atoms with van der Waals surface area (Å²) in [4.78, 5) is 24.4. The molecule has 4 nitrogen and oxygen atoms in total. The Hall–Kier alpha value is -1.06. The Morgan fingerprint density at radius 3 is 2.38 bits per heavy atom. The quantitative estimate of drug-likeness (QED) is 0.776. The zero-order valence-corrected chi connectivity index (χ0v) is 10.3. The first-order chi connectivity index (χ1) is 7.45. The van der Waals surface area contributed by atoms with E-state index in [1.807, 2.05) is 6.92 Å². The molecule has 1 fully saturated rings. The molecule has 0 saturated heterocycles. The molecule has 1 rings (SSSR count). The van der Waals surface area contributed by atoms with Crippen LogP contribution in [0.2, 0.25) is 0 Å². The van der Waals surface area contributed by atoms with Gasteiger partial charge in [-0.1, -0.05) is 13.8 Å². The molecule has 1 unspecified atom stereocenters. The third-order valence-corrected chi connectivity index (χ3v) is 3.33. The van der Waals surface area contributed by atoms with E-state index < -0.39 is 11.9 Å². The maximum atomic E-state index is 12.0. The third-order valence-electron chi connectivity index (χ3n) is 3.33. The van der Waals surface area contributed by atoms with Crippen molar-refractivity contribution in [3.63, 3.8) is 0 Å². The first kappa shape index (κ1) is 13.0. The normalized spacial score (nSPS) is 25.7. The number of carboxylic acids is 1. The van der Waals surface area contributed by atoms with Crippen LogP contribution in [0.1, 0.15) is 33.6 Å². The summed E-state index contributed by atoms with van der Waals surface area (Å²) in [5.41, 5.74) is 0. The molecule has 0 aromatic heterocycles. The van der Waals surface area contributed by atoms with Crippen LogP contribution in [0, 0.1) is 17.8 Å². The molecule has 16 heavy (non-hydrogen) atoms. The molecule has 1 saturated carbocycles. The lowest BCUT2D eigenvalue weighted by Gasteiger charge is -2.36. The average molecular weight is 227 g/mol. The number of carbonyl (C=O) groups is 2. The standard InChI is InChI=1S/C12H21NO3/c1-4-13(7-9(3)12(15)16)11(14)10-5-8(2)6-10/h8-10H,4-7H2,1-3H3,(H,15,16). The molecule has 92 valence electrons. The van der Waals surface area contributed by atoms with Crippen molar-refractivity contribution in [1.82, 2.24) is 4.90 Å². The molecule has 1 N–H and O–H groups in total. The monoisotopic (exact) mass is 227 g/mol. The Labute approximate surface area is 96.6 Å². The highest BCUT2D eigenvalue weighted by molar-refractivity contribution is 5.80. The summed E-state index contributed by atoms with van der Waals surface area (Å²) in [6, 6.07) is 0. The van der Waals surface area contributed by atoms with Gasteiger partial charge in [0, 0.05) is 19.0 Å². The molecule has 0 bridgehead atoms. The fourth-order valence-corrected chi connectivity index (χ4v) is 2.15. The molecule has 0 aromatic carbocycles. The number of aliphatic carboxylic acids is 1. The van der Waals surface area contributed by atoms with Gasteiger partial charge in [0.2, 0.25) is 5.91 Å². The van der Waals surface area contributed by atoms with E-state index in [2.05, 4.69) is 6.92 Å². The van der Waals surface area contributed by atoms with Crippen molar-refractivity contribution in [3.8, 4) is 0 Å². The van der Waals surface area contributed by atoms with Crippen molar-refractivity contribution in [2.75, 3.05) is 13.1 Å². The molecule has 1 atom stereocenters. The Balaban J connectivity index is 2.47. The summed E-state index contributed by atoms with van der Waals surface area (Å²) in [5, 5.41) is 8.82. The second kappa shape index (κ2) is 5.32. The SMILES string of the molecule is CCN(CC(C)C(=O)O)C(=O)C1CC(C)C1. The van der Waals surface area contributed by atoms with Crippen LogP contribution < -0.4 is 0 Å². The molecule has 1 aliphatic rings. The zero-order valence-electron chi connectivity index (χ0n) is 10.3. The summed E-state index contributed by atoms with van der Waals surface area (Å²) in [7, 11) is 0. The van der Waals surface area contributed by atoms with E-state index in [9.17, 15) is 9.59 Å². The summed E-state index contributed by atoms with van der Waals surface area (Å²) in [6.07, 6.45) is 1.91. The summed E-state index contributed by atoms with van der Waals surface area (Å²) in [6.45, 7) is 6.60. The maximum absolute atomic E-state index is 12.0. The van der Waals surface area contributed by atoms with Crippen molar-refractivity contribution in [2.45, 2.75) is 33.6 Å². The van der Waals surface area contributed by atoms with Gasteiger partial charge in [-0.05, 0) is 25.7 Å². The highest BCUT2D eigenvalue weighted by atomic mass is 16.4. The van der Waals surface area contributed by atoms with E-state index in [0.717, 1.165) is 12.8 Å². The summed E-state index contributed by atoms with van der Waals surface area (Å²) in [5.74, 6) is -0.413. The maximum Gasteiger partial charge on any atom is 0.308 e. The van der Waals surface area contributed by atoms with Gasteiger partial charge in [0.15, 0.2) is 0 Å². The van der Waals surface area contributed by atoms with E-state index >= 15 is 0 Å². The number of hydrogen-bond acceptors (Lipinski definition) is 2. The predicted molar refractivity (Wildman–Crippen MR) is 60.9 cm³/mol. The van der Waals surface area contributed by atoms with Gasteiger partial charge in [0.05, 0.1) is 5.92 Å². The van der Waals surface area contributed by atoms with E-state index in [-0.39, 0.29) is 11.8 Å². The lowest BCUT2D eigenvalue weighted by atomic mass is 9.75. The summed E-state index contributed by atoms with van der Waals surface area (Å²) < 4.78 is 0. The van der Waals surface area contributed by atoms with Gasteiger partial charge in [-0.15, -0.1) is 0 Å². The number of nitrogens with zero attached hydrogens (tertiary/aromatic N) is 1. The van der Waals surface area contributed by atoms with Crippen LogP contribution in [0.3, 0.4) is 0 Å². The number of rotatable bonds is 5. The molecule has 1 amide bonds. The molecular formula is C12H21NO3. The molecule has 0 aliphatic heterocycles. The van der Waals surface area contributed by atoms with Gasteiger partial charge >= 0.3 is 5.97 Å². The molecule has 0 aromatic rings. The lowest BCUT2D eigenvalue weighted by Crippen LogP contribution is -2.43. The number of hydrogen-bond donors (Lipinski definition) is 1. The first-order valence-electron chi connectivity index (χ1n) is 5.97. The van der Waals surface area contributed by atoms with Crippen molar-refractivity contribution in [1.29, 1.82) is 0 Å². The molecule has 1 aliphatic carbocycles. The lowest BCUT2D eigenvalue weighted by molar-refractivity contribution is -0.145. The largest absolute Gasteiger partial charge is 0.481 e. The third kappa shape index (κ3) is 2.97. The Kier molecular flexibility index (Phi) is 4.33. The van der Waals surface area contributed by atoms with Gasteiger partial charge in [-0.3, -0.25) is 9.59 Å². The van der Waals surface area contributed by atoms with Crippen LogP contribution in [0.5, 0.6) is 0 Å². The fraction of sp³-hybridized carbons (Fsp3) is 0.833. The Morgan fingerprint density at radius 2 is 2.00 bits per heavy atom. The number of carboxylic acid groups (broad SMARTS) is 1. The van der Waals surface area contributed by atoms with Gasteiger partial charge in [-0.2, -0.15) is 0 Å². The number of carbonyl (C=O) groups excluding carboxylic acids is 1. The zero-order chi connectivity index (χ0) is 12.3. The van der Waals surface area contributed by atoms with E-state index in [4.69, 9.17) is 5.11 Å². The second-order valence-electron chi connectivity index (χ2n) is 4.89. The first-order valence-corrected chi connectivity index (χ1v) is 5.97. The van der Waals surface area contributed by atoms with Crippen LogP contribution in [0.15, 0.2) is 0 Å².